The summed E-state index contributed by atoms with van der Waals surface area (Å²) in [6.07, 6.45) is 2.02. The van der Waals surface area contributed by atoms with Gasteiger partial charge in [0.25, 0.3) is 0 Å². The lowest BCUT2D eigenvalue weighted by molar-refractivity contribution is 0.263. The summed E-state index contributed by atoms with van der Waals surface area (Å²) in [5.41, 5.74) is 2.15. The summed E-state index contributed by atoms with van der Waals surface area (Å²) in [7, 11) is 0. The molecule has 1 aromatic heterocycles. The number of rotatable bonds is 4. The Kier molecular flexibility index (Phi) is 4.17. The minimum Gasteiger partial charge on any atom is -0.396 e. The van der Waals surface area contributed by atoms with Gasteiger partial charge >= 0.3 is 0 Å². The van der Waals surface area contributed by atoms with E-state index >= 15 is 0 Å². The Balaban J connectivity index is 2.14. The predicted octanol–water partition coefficient (Wildman–Crippen LogP) is 2.12. The predicted molar refractivity (Wildman–Crippen MR) is 72.9 cm³/mol. The maximum absolute atomic E-state index is 8.99. The second-order valence-corrected chi connectivity index (χ2v) is 5.50. The molecule has 0 aliphatic carbocycles. The van der Waals surface area contributed by atoms with E-state index < -0.39 is 0 Å². The molecule has 2 heterocycles. The molecule has 0 aromatic carbocycles. The van der Waals surface area contributed by atoms with Crippen LogP contribution in [-0.2, 0) is 0 Å². The Hall–Kier alpha value is -1.16. The first kappa shape index (κ1) is 13.3. The van der Waals surface area contributed by atoms with Crippen LogP contribution in [0.4, 0.5) is 5.95 Å². The Morgan fingerprint density at radius 1 is 1.44 bits per heavy atom. The van der Waals surface area contributed by atoms with Crippen LogP contribution in [-0.4, -0.2) is 34.8 Å². The van der Waals surface area contributed by atoms with E-state index in [4.69, 9.17) is 5.11 Å². The highest BCUT2D eigenvalue weighted by atomic mass is 16.3. The normalized spacial score (nSPS) is 19.8. The number of hydrogen-bond donors (Lipinski definition) is 1. The fraction of sp³-hybridized carbons (Fsp3) is 0.714. The third kappa shape index (κ3) is 2.99. The van der Waals surface area contributed by atoms with Gasteiger partial charge in [-0.2, -0.15) is 0 Å². The maximum Gasteiger partial charge on any atom is 0.225 e. The first-order chi connectivity index (χ1) is 8.60. The molecule has 1 N–H and O–H groups in total. The molecule has 1 saturated heterocycles. The molecule has 1 aliphatic rings. The van der Waals surface area contributed by atoms with E-state index in [2.05, 4.69) is 34.8 Å². The van der Waals surface area contributed by atoms with Crippen LogP contribution >= 0.6 is 0 Å². The first-order valence-corrected chi connectivity index (χ1v) is 6.81. The van der Waals surface area contributed by atoms with E-state index in [1.54, 1.807) is 0 Å². The van der Waals surface area contributed by atoms with Gasteiger partial charge in [0.05, 0.1) is 0 Å². The number of hydrogen-bond acceptors (Lipinski definition) is 4. The molecule has 4 nitrogen and oxygen atoms in total. The number of aryl methyl sites for hydroxylation is 1. The molecular weight excluding hydrogens is 226 g/mol. The van der Waals surface area contributed by atoms with Crippen LogP contribution in [0.1, 0.15) is 44.0 Å². The summed E-state index contributed by atoms with van der Waals surface area (Å²) in [6, 6.07) is 2.06. The molecule has 0 amide bonds. The van der Waals surface area contributed by atoms with Crippen molar-refractivity contribution in [1.82, 2.24) is 9.97 Å². The highest BCUT2D eigenvalue weighted by molar-refractivity contribution is 5.34. The van der Waals surface area contributed by atoms with Crippen molar-refractivity contribution in [3.8, 4) is 0 Å². The lowest BCUT2D eigenvalue weighted by atomic mass is 10.1. The molecule has 2 rings (SSSR count). The van der Waals surface area contributed by atoms with Gasteiger partial charge in [0.2, 0.25) is 5.95 Å². The van der Waals surface area contributed by atoms with Gasteiger partial charge in [-0.15, -0.1) is 0 Å². The monoisotopic (exact) mass is 249 g/mol. The van der Waals surface area contributed by atoms with Crippen LogP contribution in [0.3, 0.4) is 0 Å². The van der Waals surface area contributed by atoms with Gasteiger partial charge in [-0.1, -0.05) is 13.8 Å². The van der Waals surface area contributed by atoms with Crippen LogP contribution in [0.15, 0.2) is 6.07 Å². The van der Waals surface area contributed by atoms with E-state index in [1.807, 2.05) is 6.92 Å². The smallest absolute Gasteiger partial charge is 0.225 e. The van der Waals surface area contributed by atoms with Crippen LogP contribution in [0.5, 0.6) is 0 Å². The summed E-state index contributed by atoms with van der Waals surface area (Å²) < 4.78 is 0. The zero-order chi connectivity index (χ0) is 13.1. The van der Waals surface area contributed by atoms with Crippen molar-refractivity contribution < 1.29 is 5.11 Å². The average molecular weight is 249 g/mol. The quantitative estimate of drug-likeness (QED) is 0.888. The van der Waals surface area contributed by atoms with Crippen LogP contribution in [0, 0.1) is 12.8 Å². The van der Waals surface area contributed by atoms with Gasteiger partial charge in [0, 0.05) is 31.1 Å². The number of aromatic nitrogens is 2. The summed E-state index contributed by atoms with van der Waals surface area (Å²) in [5.74, 6) is 1.88. The molecule has 1 aliphatic heterocycles. The molecule has 1 atom stereocenters. The molecule has 0 radical (unpaired) electrons. The summed E-state index contributed by atoms with van der Waals surface area (Å²) in [5, 5.41) is 8.99. The fourth-order valence-electron chi connectivity index (χ4n) is 2.45. The molecule has 0 spiro atoms. The Morgan fingerprint density at radius 3 is 2.89 bits per heavy atom. The zero-order valence-electron chi connectivity index (χ0n) is 11.6. The van der Waals surface area contributed by atoms with Gasteiger partial charge in [0.1, 0.15) is 0 Å². The SMILES string of the molecule is Cc1cc(C(C)C)nc(N2CCC(CCO)C2)n1. The van der Waals surface area contributed by atoms with Crippen LogP contribution < -0.4 is 4.90 Å². The third-order valence-electron chi connectivity index (χ3n) is 3.56. The number of nitrogens with zero attached hydrogens (tertiary/aromatic N) is 3. The molecule has 0 saturated carbocycles. The van der Waals surface area contributed by atoms with Crippen molar-refractivity contribution in [2.75, 3.05) is 24.6 Å². The average Bonchev–Trinajstić information content (AvgIpc) is 2.77. The van der Waals surface area contributed by atoms with E-state index in [0.29, 0.717) is 11.8 Å². The first-order valence-electron chi connectivity index (χ1n) is 6.81. The highest BCUT2D eigenvalue weighted by Gasteiger charge is 2.24. The van der Waals surface area contributed by atoms with E-state index in [9.17, 15) is 0 Å². The van der Waals surface area contributed by atoms with Crippen molar-refractivity contribution in [2.45, 2.75) is 39.5 Å². The van der Waals surface area contributed by atoms with Gasteiger partial charge in [-0.05, 0) is 37.7 Å². The van der Waals surface area contributed by atoms with Gasteiger partial charge in [-0.3, -0.25) is 0 Å². The van der Waals surface area contributed by atoms with Crippen LogP contribution in [0.25, 0.3) is 0 Å². The second-order valence-electron chi connectivity index (χ2n) is 5.50. The number of aliphatic hydroxyl groups excluding tert-OH is 1. The molecule has 0 bridgehead atoms. The summed E-state index contributed by atoms with van der Waals surface area (Å²) in [4.78, 5) is 11.5. The van der Waals surface area contributed by atoms with Gasteiger partial charge in [-0.25, -0.2) is 9.97 Å². The zero-order valence-corrected chi connectivity index (χ0v) is 11.6. The summed E-state index contributed by atoms with van der Waals surface area (Å²) >= 11 is 0. The number of anilines is 1. The second kappa shape index (κ2) is 5.65. The molecule has 1 fully saturated rings. The van der Waals surface area contributed by atoms with Crippen LogP contribution in [0.2, 0.25) is 0 Å². The molecule has 4 heteroatoms. The summed E-state index contributed by atoms with van der Waals surface area (Å²) in [6.45, 7) is 8.60. The van der Waals surface area contributed by atoms with Gasteiger partial charge in [0.15, 0.2) is 0 Å². The van der Waals surface area contributed by atoms with E-state index in [1.165, 1.54) is 0 Å². The van der Waals surface area contributed by atoms with Crippen molar-refractivity contribution >= 4 is 5.95 Å². The minimum absolute atomic E-state index is 0.282. The Morgan fingerprint density at radius 2 is 2.22 bits per heavy atom. The Bertz CT molecular complexity index is 406. The Labute approximate surface area is 109 Å². The van der Waals surface area contributed by atoms with Crippen molar-refractivity contribution in [2.24, 2.45) is 5.92 Å². The maximum atomic E-state index is 8.99. The van der Waals surface area contributed by atoms with Crippen molar-refractivity contribution in [1.29, 1.82) is 0 Å². The minimum atomic E-state index is 0.282. The molecule has 100 valence electrons. The third-order valence-corrected chi connectivity index (χ3v) is 3.56. The molecular formula is C14H23N3O. The lowest BCUT2D eigenvalue weighted by Crippen LogP contribution is -2.23. The van der Waals surface area contributed by atoms with E-state index in [0.717, 1.165) is 43.3 Å². The van der Waals surface area contributed by atoms with Gasteiger partial charge < -0.3 is 10.0 Å². The van der Waals surface area contributed by atoms with Crippen molar-refractivity contribution in [3.05, 3.63) is 17.5 Å². The molecule has 18 heavy (non-hydrogen) atoms. The number of aliphatic hydroxyl groups is 1. The lowest BCUT2D eigenvalue weighted by Gasteiger charge is -2.18. The molecule has 1 unspecified atom stereocenters. The molecule has 1 aromatic rings. The highest BCUT2D eigenvalue weighted by Crippen LogP contribution is 2.24. The largest absolute Gasteiger partial charge is 0.396 e. The topological polar surface area (TPSA) is 49.2 Å². The van der Waals surface area contributed by atoms with Crippen molar-refractivity contribution in [3.63, 3.8) is 0 Å². The fourth-order valence-corrected chi connectivity index (χ4v) is 2.45. The standard InChI is InChI=1S/C14H23N3O/c1-10(2)13-8-11(3)15-14(16-13)17-6-4-12(9-17)5-7-18/h8,10,12,18H,4-7,9H2,1-3H3. The van der Waals surface area contributed by atoms with E-state index in [-0.39, 0.29) is 6.61 Å².